The van der Waals surface area contributed by atoms with Crippen molar-refractivity contribution >= 4 is 11.8 Å². The van der Waals surface area contributed by atoms with Crippen LogP contribution in [0.2, 0.25) is 0 Å². The molecule has 12 heavy (non-hydrogen) atoms. The summed E-state index contributed by atoms with van der Waals surface area (Å²) in [6.07, 6.45) is 0.251. The third kappa shape index (κ3) is 4.68. The number of nitrogens with one attached hydrogen (secondary N) is 2. The molecule has 5 nitrogen and oxygen atoms in total. The second kappa shape index (κ2) is 5.54. The highest BCUT2D eigenvalue weighted by Crippen LogP contribution is 1.81. The van der Waals surface area contributed by atoms with E-state index >= 15 is 0 Å². The number of carbonyl (C=O) groups excluding carboxylic acids is 2. The Balaban J connectivity index is 3.50. The number of rotatable bonds is 5. The van der Waals surface area contributed by atoms with Crippen LogP contribution in [0.25, 0.3) is 0 Å². The van der Waals surface area contributed by atoms with Crippen molar-refractivity contribution in [2.24, 2.45) is 5.73 Å². The molecule has 4 N–H and O–H groups in total. The lowest BCUT2D eigenvalue weighted by Gasteiger charge is -2.10. The fraction of sp³-hybridized carbons (Fsp3) is 0.714. The van der Waals surface area contributed by atoms with Gasteiger partial charge in [-0.15, -0.1) is 0 Å². The molecule has 0 bridgehead atoms. The molecule has 1 unspecified atom stereocenters. The molecule has 0 spiro atoms. The molecule has 0 aromatic carbocycles. The predicted molar refractivity (Wildman–Crippen MR) is 45.3 cm³/mol. The van der Waals surface area contributed by atoms with Crippen LogP contribution in [0.15, 0.2) is 0 Å². The lowest BCUT2D eigenvalue weighted by Crippen LogP contribution is -2.41. The molecule has 0 aromatic rings. The van der Waals surface area contributed by atoms with E-state index in [9.17, 15) is 9.59 Å². The summed E-state index contributed by atoms with van der Waals surface area (Å²) in [7, 11) is 1.56. The van der Waals surface area contributed by atoms with Crippen molar-refractivity contribution in [1.82, 2.24) is 10.6 Å². The maximum atomic E-state index is 10.9. The Bertz CT molecular complexity index is 170. The van der Waals surface area contributed by atoms with Gasteiger partial charge < -0.3 is 16.4 Å². The Labute approximate surface area is 71.7 Å². The van der Waals surface area contributed by atoms with Gasteiger partial charge in [0.1, 0.15) is 0 Å². The monoisotopic (exact) mass is 173 g/mol. The molecule has 5 heteroatoms. The van der Waals surface area contributed by atoms with E-state index in [0.29, 0.717) is 6.54 Å². The summed E-state index contributed by atoms with van der Waals surface area (Å²) in [5, 5.41) is 5.34. The largest absolute Gasteiger partial charge is 0.370 e. The molecule has 70 valence electrons. The highest BCUT2D eigenvalue weighted by Gasteiger charge is 2.08. The number of amides is 2. The van der Waals surface area contributed by atoms with Crippen molar-refractivity contribution in [1.29, 1.82) is 0 Å². The van der Waals surface area contributed by atoms with Gasteiger partial charge in [0.15, 0.2) is 0 Å². The number of hydrogen-bond donors (Lipinski definition) is 3. The maximum absolute atomic E-state index is 10.9. The third-order valence-electron chi connectivity index (χ3n) is 1.46. The minimum atomic E-state index is -0.369. The van der Waals surface area contributed by atoms with Gasteiger partial charge in [-0.3, -0.25) is 9.59 Å². The van der Waals surface area contributed by atoms with Crippen molar-refractivity contribution in [3.8, 4) is 0 Å². The van der Waals surface area contributed by atoms with Gasteiger partial charge in [0.2, 0.25) is 11.8 Å². The molecule has 0 aliphatic rings. The van der Waals surface area contributed by atoms with Crippen LogP contribution in [-0.2, 0) is 9.59 Å². The molecule has 0 radical (unpaired) electrons. The number of carbonyl (C=O) groups is 2. The summed E-state index contributed by atoms with van der Waals surface area (Å²) in [5.74, 6) is -0.467. The number of hydrogen-bond acceptors (Lipinski definition) is 3. The van der Waals surface area contributed by atoms with Crippen LogP contribution in [-0.4, -0.2) is 31.4 Å². The Kier molecular flexibility index (Phi) is 5.03. The van der Waals surface area contributed by atoms with Crippen molar-refractivity contribution in [3.63, 3.8) is 0 Å². The minimum absolute atomic E-state index is 0.0977. The first kappa shape index (κ1) is 10.9. The Morgan fingerprint density at radius 2 is 2.08 bits per heavy atom. The Morgan fingerprint density at radius 3 is 2.50 bits per heavy atom. The lowest BCUT2D eigenvalue weighted by atomic mass is 10.3. The summed E-state index contributed by atoms with van der Waals surface area (Å²) in [4.78, 5) is 21.2. The molecule has 0 aromatic heterocycles. The van der Waals surface area contributed by atoms with Gasteiger partial charge in [-0.05, 0) is 6.92 Å². The third-order valence-corrected chi connectivity index (χ3v) is 1.46. The van der Waals surface area contributed by atoms with E-state index < -0.39 is 0 Å². The molecule has 0 rings (SSSR count). The maximum Gasteiger partial charge on any atom is 0.236 e. The summed E-state index contributed by atoms with van der Waals surface area (Å²) >= 11 is 0. The Morgan fingerprint density at radius 1 is 1.50 bits per heavy atom. The van der Waals surface area contributed by atoms with Gasteiger partial charge in [0.05, 0.1) is 6.04 Å². The Hall–Kier alpha value is -1.10. The van der Waals surface area contributed by atoms with E-state index in [0.717, 1.165) is 0 Å². The van der Waals surface area contributed by atoms with Crippen LogP contribution >= 0.6 is 0 Å². The van der Waals surface area contributed by atoms with Gasteiger partial charge in [-0.1, -0.05) is 0 Å². The lowest BCUT2D eigenvalue weighted by molar-refractivity contribution is -0.123. The zero-order chi connectivity index (χ0) is 9.56. The average Bonchev–Trinajstić information content (AvgIpc) is 2.02. The zero-order valence-electron chi connectivity index (χ0n) is 7.39. The van der Waals surface area contributed by atoms with Crippen LogP contribution < -0.4 is 16.4 Å². The first-order valence-electron chi connectivity index (χ1n) is 3.81. The minimum Gasteiger partial charge on any atom is -0.370 e. The zero-order valence-corrected chi connectivity index (χ0v) is 7.39. The quantitative estimate of drug-likeness (QED) is 0.477. The number of likely N-dealkylation sites (N-methyl/N-ethyl adjacent to an activating group) is 1. The van der Waals surface area contributed by atoms with Crippen LogP contribution in [0.5, 0.6) is 0 Å². The first-order valence-corrected chi connectivity index (χ1v) is 3.81. The summed E-state index contributed by atoms with van der Waals surface area (Å²) < 4.78 is 0. The SMILES string of the molecule is CNC(=O)C(C)NCCC(N)=O. The standard InChI is InChI=1S/C7H15N3O2/c1-5(7(12)9-2)10-4-3-6(8)11/h5,10H,3-4H2,1-2H3,(H2,8,11)(H,9,12). The molecular weight excluding hydrogens is 158 g/mol. The first-order chi connectivity index (χ1) is 5.57. The van der Waals surface area contributed by atoms with E-state index in [1.54, 1.807) is 14.0 Å². The molecule has 0 aliphatic carbocycles. The van der Waals surface area contributed by atoms with E-state index in [2.05, 4.69) is 10.6 Å². The van der Waals surface area contributed by atoms with Crippen LogP contribution in [0.1, 0.15) is 13.3 Å². The van der Waals surface area contributed by atoms with Crippen molar-refractivity contribution in [2.75, 3.05) is 13.6 Å². The average molecular weight is 173 g/mol. The second-order valence-corrected chi connectivity index (χ2v) is 2.51. The smallest absolute Gasteiger partial charge is 0.236 e. The van der Waals surface area contributed by atoms with E-state index in [1.807, 2.05) is 0 Å². The van der Waals surface area contributed by atoms with Crippen LogP contribution in [0.3, 0.4) is 0 Å². The predicted octanol–water partition coefficient (Wildman–Crippen LogP) is -1.41. The van der Waals surface area contributed by atoms with Gasteiger partial charge in [-0.25, -0.2) is 0 Å². The molecule has 0 saturated heterocycles. The number of primary amides is 1. The fourth-order valence-electron chi connectivity index (χ4n) is 0.721. The van der Waals surface area contributed by atoms with Gasteiger partial charge in [0, 0.05) is 20.0 Å². The number of nitrogens with two attached hydrogens (primary N) is 1. The summed E-state index contributed by atoms with van der Waals surface area (Å²) in [6.45, 7) is 2.16. The van der Waals surface area contributed by atoms with Gasteiger partial charge >= 0.3 is 0 Å². The highest BCUT2D eigenvalue weighted by molar-refractivity contribution is 5.81. The van der Waals surface area contributed by atoms with Gasteiger partial charge in [0.25, 0.3) is 0 Å². The van der Waals surface area contributed by atoms with Crippen molar-refractivity contribution in [2.45, 2.75) is 19.4 Å². The van der Waals surface area contributed by atoms with Gasteiger partial charge in [-0.2, -0.15) is 0 Å². The van der Waals surface area contributed by atoms with Crippen molar-refractivity contribution < 1.29 is 9.59 Å². The van der Waals surface area contributed by atoms with E-state index in [-0.39, 0.29) is 24.3 Å². The van der Waals surface area contributed by atoms with E-state index in [1.165, 1.54) is 0 Å². The molecule has 0 aliphatic heterocycles. The summed E-state index contributed by atoms with van der Waals surface area (Å²) in [6, 6.07) is -0.283. The molecule has 0 heterocycles. The fourth-order valence-corrected chi connectivity index (χ4v) is 0.721. The molecule has 2 amide bonds. The molecule has 0 saturated carbocycles. The molecular formula is C7H15N3O2. The van der Waals surface area contributed by atoms with Crippen LogP contribution in [0, 0.1) is 0 Å². The summed E-state index contributed by atoms with van der Waals surface area (Å²) in [5.41, 5.74) is 4.91. The van der Waals surface area contributed by atoms with E-state index in [4.69, 9.17) is 5.73 Å². The molecule has 1 atom stereocenters. The normalized spacial score (nSPS) is 12.2. The molecule has 0 fully saturated rings. The topological polar surface area (TPSA) is 84.2 Å². The van der Waals surface area contributed by atoms with Crippen molar-refractivity contribution in [3.05, 3.63) is 0 Å². The second-order valence-electron chi connectivity index (χ2n) is 2.51. The highest BCUT2D eigenvalue weighted by atomic mass is 16.2. The van der Waals surface area contributed by atoms with Crippen LogP contribution in [0.4, 0.5) is 0 Å².